The highest BCUT2D eigenvalue weighted by Crippen LogP contribution is 2.05. The van der Waals surface area contributed by atoms with E-state index in [2.05, 4.69) is 20.3 Å². The normalized spacial score (nSPS) is 10.6. The fourth-order valence-electron chi connectivity index (χ4n) is 1.07. The minimum absolute atomic E-state index is 0.111. The van der Waals surface area contributed by atoms with E-state index in [9.17, 15) is 4.79 Å². The van der Waals surface area contributed by atoms with E-state index in [1.54, 1.807) is 6.92 Å². The van der Waals surface area contributed by atoms with Crippen LogP contribution >= 0.6 is 11.6 Å². The molecule has 68 valence electrons. The van der Waals surface area contributed by atoms with Crippen LogP contribution < -0.4 is 5.56 Å². The molecule has 0 atom stereocenters. The number of hydrogen-bond donors (Lipinski definition) is 2. The summed E-state index contributed by atoms with van der Waals surface area (Å²) in [5.74, 6) is 0. The Morgan fingerprint density at radius 3 is 2.77 bits per heavy atom. The standard InChI is InChI=1S/C6H6ClN5O/c1-3-4(5(13)10-9-3)12-2-8-6(7)11-12/h2H,1H3,(H2,9,10,13). The summed E-state index contributed by atoms with van der Waals surface area (Å²) < 4.78 is 1.33. The summed E-state index contributed by atoms with van der Waals surface area (Å²) in [4.78, 5) is 14.9. The molecule has 0 unspecified atom stereocenters. The molecule has 0 aromatic carbocycles. The number of H-pyrrole nitrogens is 2. The smallest absolute Gasteiger partial charge is 0.290 e. The van der Waals surface area contributed by atoms with Gasteiger partial charge in [0, 0.05) is 0 Å². The zero-order chi connectivity index (χ0) is 9.42. The Morgan fingerprint density at radius 1 is 1.54 bits per heavy atom. The lowest BCUT2D eigenvalue weighted by Crippen LogP contribution is -2.09. The molecule has 0 saturated carbocycles. The van der Waals surface area contributed by atoms with Gasteiger partial charge >= 0.3 is 0 Å². The number of halogens is 1. The van der Waals surface area contributed by atoms with Crippen LogP contribution in [-0.4, -0.2) is 25.0 Å². The number of aromatic nitrogens is 5. The van der Waals surface area contributed by atoms with Crippen LogP contribution in [-0.2, 0) is 0 Å². The molecule has 0 aliphatic heterocycles. The number of rotatable bonds is 1. The highest BCUT2D eigenvalue weighted by Gasteiger charge is 2.09. The van der Waals surface area contributed by atoms with Crippen molar-refractivity contribution >= 4 is 11.6 Å². The zero-order valence-electron chi connectivity index (χ0n) is 6.71. The first-order chi connectivity index (χ1) is 6.18. The third-order valence-electron chi connectivity index (χ3n) is 1.63. The van der Waals surface area contributed by atoms with Gasteiger partial charge in [-0.2, -0.15) is 0 Å². The van der Waals surface area contributed by atoms with Crippen LogP contribution in [0.3, 0.4) is 0 Å². The maximum absolute atomic E-state index is 11.2. The van der Waals surface area contributed by atoms with Gasteiger partial charge in [0.2, 0.25) is 5.28 Å². The van der Waals surface area contributed by atoms with Gasteiger partial charge in [-0.15, -0.1) is 5.10 Å². The van der Waals surface area contributed by atoms with Crippen LogP contribution in [0.1, 0.15) is 5.69 Å². The van der Waals surface area contributed by atoms with E-state index < -0.39 is 0 Å². The lowest BCUT2D eigenvalue weighted by atomic mass is 10.4. The van der Waals surface area contributed by atoms with Gasteiger partial charge in [0.15, 0.2) is 5.69 Å². The van der Waals surface area contributed by atoms with Crippen LogP contribution in [0.4, 0.5) is 0 Å². The Balaban J connectivity index is 2.64. The van der Waals surface area contributed by atoms with Crippen molar-refractivity contribution in [3.05, 3.63) is 27.7 Å². The van der Waals surface area contributed by atoms with Crippen molar-refractivity contribution in [3.63, 3.8) is 0 Å². The molecule has 0 saturated heterocycles. The Kier molecular flexibility index (Phi) is 1.70. The molecule has 2 aromatic rings. The molecule has 0 spiro atoms. The molecule has 2 aromatic heterocycles. The van der Waals surface area contributed by atoms with Gasteiger partial charge in [-0.3, -0.25) is 9.89 Å². The van der Waals surface area contributed by atoms with Gasteiger partial charge in [-0.25, -0.2) is 9.67 Å². The average Bonchev–Trinajstić information content (AvgIpc) is 2.60. The van der Waals surface area contributed by atoms with Crippen LogP contribution in [0.2, 0.25) is 5.28 Å². The molecule has 0 aliphatic rings. The Hall–Kier alpha value is -1.56. The second-order valence-corrected chi connectivity index (χ2v) is 2.85. The molecule has 0 amide bonds. The van der Waals surface area contributed by atoms with Gasteiger partial charge in [0.05, 0.1) is 5.69 Å². The van der Waals surface area contributed by atoms with Crippen molar-refractivity contribution in [1.29, 1.82) is 0 Å². The first-order valence-electron chi connectivity index (χ1n) is 3.53. The third kappa shape index (κ3) is 1.25. The monoisotopic (exact) mass is 199 g/mol. The maximum atomic E-state index is 11.2. The lowest BCUT2D eigenvalue weighted by Gasteiger charge is -1.93. The van der Waals surface area contributed by atoms with Crippen molar-refractivity contribution in [2.24, 2.45) is 0 Å². The number of nitrogens with zero attached hydrogens (tertiary/aromatic N) is 3. The van der Waals surface area contributed by atoms with Crippen LogP contribution in [0, 0.1) is 6.92 Å². The number of aryl methyl sites for hydroxylation is 1. The van der Waals surface area contributed by atoms with E-state index in [1.807, 2.05) is 0 Å². The SMILES string of the molecule is Cc1[nH][nH]c(=O)c1-n1cnc(Cl)n1. The maximum Gasteiger partial charge on any atom is 0.290 e. The van der Waals surface area contributed by atoms with Gasteiger partial charge < -0.3 is 5.10 Å². The molecule has 7 heteroatoms. The second-order valence-electron chi connectivity index (χ2n) is 2.51. The Labute approximate surface area is 77.5 Å². The van der Waals surface area contributed by atoms with Gasteiger partial charge in [-0.1, -0.05) is 0 Å². The summed E-state index contributed by atoms with van der Waals surface area (Å²) in [5.41, 5.74) is 0.838. The molecular weight excluding hydrogens is 194 g/mol. The lowest BCUT2D eigenvalue weighted by molar-refractivity contribution is 0.865. The second kappa shape index (κ2) is 2.74. The molecule has 2 rings (SSSR count). The molecule has 13 heavy (non-hydrogen) atoms. The highest BCUT2D eigenvalue weighted by atomic mass is 35.5. The predicted molar refractivity (Wildman–Crippen MR) is 46.1 cm³/mol. The average molecular weight is 200 g/mol. The summed E-state index contributed by atoms with van der Waals surface area (Å²) in [5, 5.41) is 9.02. The molecule has 6 nitrogen and oxygen atoms in total. The number of hydrogen-bond acceptors (Lipinski definition) is 3. The first kappa shape index (κ1) is 8.06. The summed E-state index contributed by atoms with van der Waals surface area (Å²) in [7, 11) is 0. The molecule has 2 N–H and O–H groups in total. The highest BCUT2D eigenvalue weighted by molar-refractivity contribution is 6.28. The van der Waals surface area contributed by atoms with Crippen molar-refractivity contribution in [3.8, 4) is 5.69 Å². The fourth-order valence-corrected chi connectivity index (χ4v) is 1.19. The number of aromatic amines is 2. The molecule has 2 heterocycles. The van der Waals surface area contributed by atoms with E-state index in [0.29, 0.717) is 11.4 Å². The van der Waals surface area contributed by atoms with E-state index in [0.717, 1.165) is 0 Å². The first-order valence-corrected chi connectivity index (χ1v) is 3.91. The van der Waals surface area contributed by atoms with Gasteiger partial charge in [0.25, 0.3) is 5.56 Å². The minimum atomic E-state index is -0.251. The van der Waals surface area contributed by atoms with Crippen molar-refractivity contribution in [2.75, 3.05) is 0 Å². The van der Waals surface area contributed by atoms with E-state index in [1.165, 1.54) is 11.0 Å². The summed E-state index contributed by atoms with van der Waals surface area (Å²) in [6, 6.07) is 0. The predicted octanol–water partition coefficient (Wildman–Crippen LogP) is 0.246. The van der Waals surface area contributed by atoms with E-state index >= 15 is 0 Å². The molecule has 0 aliphatic carbocycles. The van der Waals surface area contributed by atoms with Crippen LogP contribution in [0.15, 0.2) is 11.1 Å². The zero-order valence-corrected chi connectivity index (χ0v) is 7.46. The topological polar surface area (TPSA) is 79.4 Å². The quantitative estimate of drug-likeness (QED) is 0.691. The Bertz CT molecular complexity index is 481. The van der Waals surface area contributed by atoms with Crippen molar-refractivity contribution in [2.45, 2.75) is 6.92 Å². The Morgan fingerprint density at radius 2 is 2.31 bits per heavy atom. The van der Waals surface area contributed by atoms with Crippen molar-refractivity contribution < 1.29 is 0 Å². The van der Waals surface area contributed by atoms with Gasteiger partial charge in [0.1, 0.15) is 6.33 Å². The van der Waals surface area contributed by atoms with Gasteiger partial charge in [-0.05, 0) is 18.5 Å². The number of nitrogens with one attached hydrogen (secondary N) is 2. The summed E-state index contributed by atoms with van der Waals surface area (Å²) >= 11 is 5.52. The van der Waals surface area contributed by atoms with E-state index in [-0.39, 0.29) is 10.8 Å². The molecule has 0 bridgehead atoms. The summed E-state index contributed by atoms with van der Waals surface area (Å²) in [6.07, 6.45) is 1.38. The third-order valence-corrected chi connectivity index (χ3v) is 1.80. The van der Waals surface area contributed by atoms with Crippen molar-refractivity contribution in [1.82, 2.24) is 25.0 Å². The van der Waals surface area contributed by atoms with E-state index in [4.69, 9.17) is 11.6 Å². The fraction of sp³-hybridized carbons (Fsp3) is 0.167. The van der Waals surface area contributed by atoms with Crippen LogP contribution in [0.25, 0.3) is 5.69 Å². The largest absolute Gasteiger partial charge is 0.300 e. The summed E-state index contributed by atoms with van der Waals surface area (Å²) in [6.45, 7) is 1.75. The minimum Gasteiger partial charge on any atom is -0.300 e. The van der Waals surface area contributed by atoms with Crippen LogP contribution in [0.5, 0.6) is 0 Å². The molecule has 0 radical (unpaired) electrons. The molecular formula is C6H6ClN5O. The molecule has 0 fully saturated rings.